The minimum atomic E-state index is -1.77. The van der Waals surface area contributed by atoms with Gasteiger partial charge in [0.25, 0.3) is 0 Å². The second kappa shape index (κ2) is 16.1. The standard InChI is InChI=1S/C41H74O3Si2/c1-32(2)18-16-20-35(30-44-46(14,15)39(8,9)10)21-17-19-33(3)22-23-36-24-25-37(42)41(31-40(36,41)11)28-26-34(4)27-29-43-45(12,13)38(5,6)7/h18,21-22,27,36H,16-17,19-20,23-26,28-31H2,1-15H3/b33-22+,34-27+,35-21-/t36-,40+,41-/m0/s1. The zero-order valence-electron chi connectivity index (χ0n) is 33.1. The van der Waals surface area contributed by atoms with Crippen molar-refractivity contribution in [1.82, 2.24) is 0 Å². The van der Waals surface area contributed by atoms with Gasteiger partial charge in [-0.05, 0) is 139 Å². The average molecular weight is 671 g/mol. The largest absolute Gasteiger partial charge is 0.413 e. The molecule has 0 heterocycles. The maximum absolute atomic E-state index is 13.3. The normalized spacial score (nSPS) is 25.1. The van der Waals surface area contributed by atoms with Gasteiger partial charge in [-0.15, -0.1) is 0 Å². The van der Waals surface area contributed by atoms with Crippen LogP contribution in [0, 0.1) is 16.7 Å². The van der Waals surface area contributed by atoms with Gasteiger partial charge in [-0.2, -0.15) is 0 Å². The molecule has 2 fully saturated rings. The molecule has 264 valence electrons. The van der Waals surface area contributed by atoms with Crippen molar-refractivity contribution >= 4 is 22.4 Å². The Morgan fingerprint density at radius 3 is 1.96 bits per heavy atom. The fourth-order valence-electron chi connectivity index (χ4n) is 6.63. The van der Waals surface area contributed by atoms with Crippen LogP contribution in [0.2, 0.25) is 36.3 Å². The van der Waals surface area contributed by atoms with Crippen molar-refractivity contribution in [2.45, 2.75) is 177 Å². The molecule has 0 radical (unpaired) electrons. The van der Waals surface area contributed by atoms with Gasteiger partial charge in [0.1, 0.15) is 5.78 Å². The van der Waals surface area contributed by atoms with Crippen LogP contribution in [-0.2, 0) is 13.6 Å². The maximum atomic E-state index is 13.3. The number of hydrogen-bond donors (Lipinski definition) is 0. The van der Waals surface area contributed by atoms with Crippen molar-refractivity contribution in [1.29, 1.82) is 0 Å². The monoisotopic (exact) mass is 671 g/mol. The van der Waals surface area contributed by atoms with Crippen LogP contribution >= 0.6 is 0 Å². The zero-order chi connectivity index (χ0) is 35.2. The first-order valence-electron chi connectivity index (χ1n) is 18.4. The highest BCUT2D eigenvalue weighted by atomic mass is 28.4. The minimum absolute atomic E-state index is 0.0971. The third-order valence-corrected chi connectivity index (χ3v) is 21.6. The highest BCUT2D eigenvalue weighted by molar-refractivity contribution is 6.74. The molecular formula is C41H74O3Si2. The van der Waals surface area contributed by atoms with E-state index in [1.807, 2.05) is 0 Å². The van der Waals surface area contributed by atoms with Crippen LogP contribution in [0.1, 0.15) is 140 Å². The smallest absolute Gasteiger partial charge is 0.192 e. The molecular weight excluding hydrogens is 597 g/mol. The number of Topliss-reactive ketones (excluding diaryl/α,β-unsaturated/α-hetero) is 1. The van der Waals surface area contributed by atoms with E-state index in [2.05, 4.69) is 127 Å². The van der Waals surface area contributed by atoms with Crippen LogP contribution in [0.3, 0.4) is 0 Å². The van der Waals surface area contributed by atoms with Gasteiger partial charge in [-0.1, -0.05) is 89.5 Å². The molecule has 2 aliphatic carbocycles. The van der Waals surface area contributed by atoms with Crippen molar-refractivity contribution < 1.29 is 13.6 Å². The van der Waals surface area contributed by atoms with Crippen molar-refractivity contribution in [2.24, 2.45) is 16.7 Å². The number of carbonyl (C=O) groups is 1. The van der Waals surface area contributed by atoms with Crippen molar-refractivity contribution in [3.05, 3.63) is 46.6 Å². The minimum Gasteiger partial charge on any atom is -0.413 e. The molecule has 0 unspecified atom stereocenters. The molecule has 3 atom stereocenters. The molecule has 0 N–H and O–H groups in total. The van der Waals surface area contributed by atoms with Gasteiger partial charge < -0.3 is 8.85 Å². The number of fused-ring (bicyclic) bond motifs is 1. The van der Waals surface area contributed by atoms with E-state index in [4.69, 9.17) is 8.85 Å². The molecule has 2 rings (SSSR count). The molecule has 0 aromatic carbocycles. The fraction of sp³-hybridized carbons (Fsp3) is 0.780. The summed E-state index contributed by atoms with van der Waals surface area (Å²) in [6, 6.07) is 0. The Kier molecular flexibility index (Phi) is 14.4. The highest BCUT2D eigenvalue weighted by Gasteiger charge is 2.71. The van der Waals surface area contributed by atoms with E-state index in [0.717, 1.165) is 70.8 Å². The predicted molar refractivity (Wildman–Crippen MR) is 207 cm³/mol. The molecule has 46 heavy (non-hydrogen) atoms. The number of allylic oxidation sites excluding steroid dienone is 6. The molecule has 0 saturated heterocycles. The van der Waals surface area contributed by atoms with E-state index in [0.29, 0.717) is 18.3 Å². The second-order valence-electron chi connectivity index (χ2n) is 18.5. The molecule has 2 aliphatic rings. The summed E-state index contributed by atoms with van der Waals surface area (Å²) in [7, 11) is -3.51. The van der Waals surface area contributed by atoms with E-state index in [9.17, 15) is 4.79 Å². The molecule has 0 amide bonds. The van der Waals surface area contributed by atoms with Gasteiger partial charge in [0.05, 0.1) is 13.2 Å². The van der Waals surface area contributed by atoms with Gasteiger partial charge in [0.15, 0.2) is 16.6 Å². The number of rotatable bonds is 17. The first-order valence-corrected chi connectivity index (χ1v) is 24.2. The number of ketones is 1. The van der Waals surface area contributed by atoms with Crippen LogP contribution < -0.4 is 0 Å². The Morgan fingerprint density at radius 1 is 0.804 bits per heavy atom. The molecule has 5 heteroatoms. The molecule has 0 spiro atoms. The van der Waals surface area contributed by atoms with Gasteiger partial charge >= 0.3 is 0 Å². The summed E-state index contributed by atoms with van der Waals surface area (Å²) in [5.74, 6) is 1.14. The summed E-state index contributed by atoms with van der Waals surface area (Å²) in [6.07, 6.45) is 19.9. The van der Waals surface area contributed by atoms with Crippen molar-refractivity contribution in [2.75, 3.05) is 13.2 Å². The summed E-state index contributed by atoms with van der Waals surface area (Å²) in [6.45, 7) is 35.9. The van der Waals surface area contributed by atoms with Gasteiger partial charge in [0.2, 0.25) is 0 Å². The van der Waals surface area contributed by atoms with Crippen LogP contribution in [0.15, 0.2) is 46.6 Å². The Balaban J connectivity index is 1.97. The first kappa shape index (κ1) is 41.2. The molecule has 2 saturated carbocycles. The quantitative estimate of drug-likeness (QED) is 0.114. The molecule has 0 bridgehead atoms. The van der Waals surface area contributed by atoms with E-state index in [1.54, 1.807) is 0 Å². The second-order valence-corrected chi connectivity index (χ2v) is 28.1. The Labute approximate surface area is 288 Å². The predicted octanol–water partition coefficient (Wildman–Crippen LogP) is 12.9. The van der Waals surface area contributed by atoms with E-state index < -0.39 is 16.6 Å². The van der Waals surface area contributed by atoms with Gasteiger partial charge in [-0.25, -0.2) is 0 Å². The van der Waals surface area contributed by atoms with Crippen LogP contribution in [0.25, 0.3) is 0 Å². The summed E-state index contributed by atoms with van der Waals surface area (Å²) in [5, 5.41) is 0.455. The summed E-state index contributed by atoms with van der Waals surface area (Å²) < 4.78 is 13.0. The summed E-state index contributed by atoms with van der Waals surface area (Å²) in [4.78, 5) is 13.3. The van der Waals surface area contributed by atoms with Gasteiger partial charge in [0, 0.05) is 11.8 Å². The molecule has 3 nitrogen and oxygen atoms in total. The van der Waals surface area contributed by atoms with E-state index in [-0.39, 0.29) is 20.9 Å². The zero-order valence-corrected chi connectivity index (χ0v) is 35.1. The lowest BCUT2D eigenvalue weighted by molar-refractivity contribution is -0.129. The third kappa shape index (κ3) is 11.0. The lowest BCUT2D eigenvalue weighted by Gasteiger charge is -2.36. The van der Waals surface area contributed by atoms with Crippen LogP contribution in [-0.4, -0.2) is 35.6 Å². The molecule has 0 aromatic rings. The Morgan fingerprint density at radius 2 is 1.37 bits per heavy atom. The average Bonchev–Trinajstić information content (AvgIpc) is 3.56. The highest BCUT2D eigenvalue weighted by Crippen LogP contribution is 2.74. The lowest BCUT2D eigenvalue weighted by atomic mass is 9.69. The maximum Gasteiger partial charge on any atom is 0.192 e. The van der Waals surface area contributed by atoms with Crippen molar-refractivity contribution in [3.8, 4) is 0 Å². The van der Waals surface area contributed by atoms with Gasteiger partial charge in [-0.3, -0.25) is 4.79 Å². The van der Waals surface area contributed by atoms with E-state index >= 15 is 0 Å². The fourth-order valence-corrected chi connectivity index (χ4v) is 8.54. The Hall–Kier alpha value is -1.02. The third-order valence-electron chi connectivity index (χ3n) is 12.6. The lowest BCUT2D eigenvalue weighted by Crippen LogP contribution is -2.41. The number of hydrogen-bond acceptors (Lipinski definition) is 3. The number of carbonyl (C=O) groups excluding carboxylic acids is 1. The van der Waals surface area contributed by atoms with Crippen LogP contribution in [0.4, 0.5) is 0 Å². The van der Waals surface area contributed by atoms with Crippen molar-refractivity contribution in [3.63, 3.8) is 0 Å². The molecule has 0 aliphatic heterocycles. The summed E-state index contributed by atoms with van der Waals surface area (Å²) >= 11 is 0. The summed E-state index contributed by atoms with van der Waals surface area (Å²) in [5.41, 5.74) is 5.76. The topological polar surface area (TPSA) is 35.5 Å². The SMILES string of the molecule is CC(C)=CCC/C(=C/CC/C(C)=C/C[C@H]1CCC(=O)[C@]2(CC/C(C)=C/CO[Si](C)(C)C(C)(C)C)C[C@]12C)CO[Si](C)(C)C(C)(C)C. The molecule has 0 aromatic heterocycles. The Bertz CT molecular complexity index is 1150. The van der Waals surface area contributed by atoms with Crippen LogP contribution in [0.5, 0.6) is 0 Å². The first-order chi connectivity index (χ1) is 21.0. The van der Waals surface area contributed by atoms with E-state index in [1.165, 1.54) is 22.3 Å².